The second kappa shape index (κ2) is 7.05. The van der Waals surface area contributed by atoms with Crippen molar-refractivity contribution < 1.29 is 0 Å². The van der Waals surface area contributed by atoms with Gasteiger partial charge in [0.15, 0.2) is 0 Å². The molecule has 1 fully saturated rings. The van der Waals surface area contributed by atoms with Gasteiger partial charge in [0.25, 0.3) is 0 Å². The summed E-state index contributed by atoms with van der Waals surface area (Å²) in [5.74, 6) is 1.88. The lowest BCUT2D eigenvalue weighted by atomic mass is 9.80. The first kappa shape index (κ1) is 11.8. The zero-order valence-corrected chi connectivity index (χ0v) is 9.76. The molecule has 14 heavy (non-hydrogen) atoms. The first-order valence-corrected chi connectivity index (χ1v) is 6.18. The van der Waals surface area contributed by atoms with Gasteiger partial charge in [0, 0.05) is 0 Å². The van der Waals surface area contributed by atoms with Crippen LogP contribution in [0.2, 0.25) is 0 Å². The number of nitrogens with one attached hydrogen (secondary N) is 1. The molecule has 1 heteroatoms. The molecule has 1 rings (SSSR count). The minimum atomic E-state index is 0.890. The molecule has 0 unspecified atom stereocenters. The van der Waals surface area contributed by atoms with Gasteiger partial charge in [-0.1, -0.05) is 19.1 Å². The third kappa shape index (κ3) is 4.28. The standard InChI is InChI=1S/C13H25N/c1-3-4-5-12-6-8-13(9-7-12)10-11-14-2/h4-5,12-14H,3,6-11H2,1-2H3. The van der Waals surface area contributed by atoms with Crippen molar-refractivity contribution in [1.82, 2.24) is 5.32 Å². The summed E-state index contributed by atoms with van der Waals surface area (Å²) in [5.41, 5.74) is 0. The average molecular weight is 195 g/mol. The van der Waals surface area contributed by atoms with E-state index in [1.165, 1.54) is 45.1 Å². The molecule has 1 aliphatic rings. The van der Waals surface area contributed by atoms with Crippen LogP contribution in [0.4, 0.5) is 0 Å². The van der Waals surface area contributed by atoms with Gasteiger partial charge in [0.2, 0.25) is 0 Å². The second-order valence-electron chi connectivity index (χ2n) is 4.51. The van der Waals surface area contributed by atoms with E-state index >= 15 is 0 Å². The molecular weight excluding hydrogens is 170 g/mol. The maximum Gasteiger partial charge on any atom is -0.00493 e. The highest BCUT2D eigenvalue weighted by Gasteiger charge is 2.18. The normalized spacial score (nSPS) is 28.4. The molecule has 0 aromatic carbocycles. The fourth-order valence-electron chi connectivity index (χ4n) is 2.35. The molecule has 1 nitrogen and oxygen atoms in total. The van der Waals surface area contributed by atoms with Gasteiger partial charge in [-0.3, -0.25) is 0 Å². The molecule has 1 aliphatic carbocycles. The Morgan fingerprint density at radius 1 is 1.21 bits per heavy atom. The van der Waals surface area contributed by atoms with Crippen LogP contribution in [0.15, 0.2) is 12.2 Å². The van der Waals surface area contributed by atoms with Crippen LogP contribution < -0.4 is 5.32 Å². The summed E-state index contributed by atoms with van der Waals surface area (Å²) in [6, 6.07) is 0. The van der Waals surface area contributed by atoms with E-state index in [2.05, 4.69) is 31.4 Å². The van der Waals surface area contributed by atoms with Crippen molar-refractivity contribution >= 4 is 0 Å². The third-order valence-corrected chi connectivity index (χ3v) is 3.34. The van der Waals surface area contributed by atoms with E-state index in [0.29, 0.717) is 0 Å². The van der Waals surface area contributed by atoms with Crippen LogP contribution in [0.5, 0.6) is 0 Å². The molecule has 0 aromatic rings. The SMILES string of the molecule is CCC=CC1CCC(CCNC)CC1. The molecule has 1 saturated carbocycles. The van der Waals surface area contributed by atoms with Crippen molar-refractivity contribution in [2.45, 2.75) is 45.4 Å². The van der Waals surface area contributed by atoms with Crippen LogP contribution in [-0.2, 0) is 0 Å². The number of hydrogen-bond donors (Lipinski definition) is 1. The summed E-state index contributed by atoms with van der Waals surface area (Å²) >= 11 is 0. The van der Waals surface area contributed by atoms with Gasteiger partial charge in [-0.2, -0.15) is 0 Å². The fourth-order valence-corrected chi connectivity index (χ4v) is 2.35. The lowest BCUT2D eigenvalue weighted by Gasteiger charge is -2.26. The van der Waals surface area contributed by atoms with Crippen LogP contribution >= 0.6 is 0 Å². The summed E-state index contributed by atoms with van der Waals surface area (Å²) in [5, 5.41) is 3.25. The quantitative estimate of drug-likeness (QED) is 0.663. The predicted molar refractivity (Wildman–Crippen MR) is 63.4 cm³/mol. The first-order chi connectivity index (χ1) is 6.86. The van der Waals surface area contributed by atoms with Gasteiger partial charge >= 0.3 is 0 Å². The Labute approximate surface area is 89.0 Å². The van der Waals surface area contributed by atoms with E-state index in [9.17, 15) is 0 Å². The maximum absolute atomic E-state index is 3.25. The minimum absolute atomic E-state index is 0.890. The maximum atomic E-state index is 3.25. The highest BCUT2D eigenvalue weighted by molar-refractivity contribution is 4.90. The summed E-state index contributed by atoms with van der Waals surface area (Å²) in [7, 11) is 2.05. The minimum Gasteiger partial charge on any atom is -0.320 e. The second-order valence-corrected chi connectivity index (χ2v) is 4.51. The van der Waals surface area contributed by atoms with Crippen molar-refractivity contribution in [3.63, 3.8) is 0 Å². The summed E-state index contributed by atoms with van der Waals surface area (Å²) < 4.78 is 0. The first-order valence-electron chi connectivity index (χ1n) is 6.18. The van der Waals surface area contributed by atoms with Gasteiger partial charge < -0.3 is 5.32 Å². The van der Waals surface area contributed by atoms with E-state index in [1.807, 2.05) is 0 Å². The van der Waals surface area contributed by atoms with Crippen molar-refractivity contribution in [2.75, 3.05) is 13.6 Å². The topological polar surface area (TPSA) is 12.0 Å². The lowest BCUT2D eigenvalue weighted by Crippen LogP contribution is -2.18. The Morgan fingerprint density at radius 2 is 1.93 bits per heavy atom. The largest absolute Gasteiger partial charge is 0.320 e. The van der Waals surface area contributed by atoms with E-state index in [4.69, 9.17) is 0 Å². The Hall–Kier alpha value is -0.300. The Morgan fingerprint density at radius 3 is 2.50 bits per heavy atom. The Balaban J connectivity index is 2.14. The van der Waals surface area contributed by atoms with E-state index in [1.54, 1.807) is 0 Å². The molecule has 82 valence electrons. The molecule has 0 saturated heterocycles. The zero-order valence-electron chi connectivity index (χ0n) is 9.76. The molecule has 0 radical (unpaired) electrons. The molecule has 0 spiro atoms. The summed E-state index contributed by atoms with van der Waals surface area (Å²) in [6.45, 7) is 3.41. The zero-order chi connectivity index (χ0) is 10.2. The van der Waals surface area contributed by atoms with Gasteiger partial charge in [-0.25, -0.2) is 0 Å². The van der Waals surface area contributed by atoms with E-state index in [0.717, 1.165) is 11.8 Å². The number of hydrogen-bond acceptors (Lipinski definition) is 1. The number of rotatable bonds is 5. The highest BCUT2D eigenvalue weighted by Crippen LogP contribution is 2.31. The van der Waals surface area contributed by atoms with Crippen LogP contribution in [-0.4, -0.2) is 13.6 Å². The van der Waals surface area contributed by atoms with Crippen LogP contribution in [0, 0.1) is 11.8 Å². The highest BCUT2D eigenvalue weighted by atomic mass is 14.8. The van der Waals surface area contributed by atoms with Gasteiger partial charge in [-0.15, -0.1) is 0 Å². The van der Waals surface area contributed by atoms with Gasteiger partial charge in [0.05, 0.1) is 0 Å². The molecule has 0 aliphatic heterocycles. The van der Waals surface area contributed by atoms with Crippen molar-refractivity contribution in [3.8, 4) is 0 Å². The Kier molecular flexibility index (Phi) is 5.93. The van der Waals surface area contributed by atoms with Crippen molar-refractivity contribution in [2.24, 2.45) is 11.8 Å². The van der Waals surface area contributed by atoms with Gasteiger partial charge in [0.1, 0.15) is 0 Å². The third-order valence-electron chi connectivity index (χ3n) is 3.34. The Bertz CT molecular complexity index is 155. The molecule has 0 atom stereocenters. The molecule has 0 heterocycles. The fraction of sp³-hybridized carbons (Fsp3) is 0.846. The molecule has 0 bridgehead atoms. The molecule has 0 aromatic heterocycles. The summed E-state index contributed by atoms with van der Waals surface area (Å²) in [4.78, 5) is 0. The van der Waals surface area contributed by atoms with Gasteiger partial charge in [-0.05, 0) is 64.0 Å². The van der Waals surface area contributed by atoms with E-state index < -0.39 is 0 Å². The lowest BCUT2D eigenvalue weighted by molar-refractivity contribution is 0.294. The monoisotopic (exact) mass is 195 g/mol. The van der Waals surface area contributed by atoms with Crippen molar-refractivity contribution in [1.29, 1.82) is 0 Å². The predicted octanol–water partition coefficient (Wildman–Crippen LogP) is 3.37. The molecule has 1 N–H and O–H groups in total. The van der Waals surface area contributed by atoms with Crippen molar-refractivity contribution in [3.05, 3.63) is 12.2 Å². The van der Waals surface area contributed by atoms with Crippen LogP contribution in [0.1, 0.15) is 45.4 Å². The smallest absolute Gasteiger partial charge is 0.00493 e. The average Bonchev–Trinajstić information content (AvgIpc) is 2.25. The van der Waals surface area contributed by atoms with Crippen LogP contribution in [0.25, 0.3) is 0 Å². The molecule has 0 amide bonds. The van der Waals surface area contributed by atoms with E-state index in [-0.39, 0.29) is 0 Å². The van der Waals surface area contributed by atoms with Crippen LogP contribution in [0.3, 0.4) is 0 Å². The molecular formula is C13H25N. The summed E-state index contributed by atoms with van der Waals surface area (Å²) in [6.07, 6.45) is 13.1. The number of allylic oxidation sites excluding steroid dienone is 2.